The number of carbonyl (C=O) groups is 2. The van der Waals surface area contributed by atoms with Crippen LogP contribution in [0.25, 0.3) is 0 Å². The Morgan fingerprint density at radius 1 is 0.975 bits per heavy atom. The summed E-state index contributed by atoms with van der Waals surface area (Å²) in [5.74, 6) is 0.148. The molecule has 0 saturated heterocycles. The van der Waals surface area contributed by atoms with Crippen molar-refractivity contribution in [3.05, 3.63) is 95.0 Å². The Balaban J connectivity index is 1.87. The smallest absolute Gasteiger partial charge is 0.243 e. The van der Waals surface area contributed by atoms with E-state index >= 15 is 0 Å². The summed E-state index contributed by atoms with van der Waals surface area (Å²) >= 11 is 5.97. The van der Waals surface area contributed by atoms with Crippen molar-refractivity contribution in [3.8, 4) is 5.75 Å². The van der Waals surface area contributed by atoms with Crippen molar-refractivity contribution in [2.75, 3.05) is 30.8 Å². The summed E-state index contributed by atoms with van der Waals surface area (Å²) in [5.41, 5.74) is 2.21. The molecule has 0 bridgehead atoms. The second-order valence-corrected chi connectivity index (χ2v) is 11.7. The normalized spacial score (nSPS) is 11.9. The van der Waals surface area contributed by atoms with Crippen LogP contribution in [0.4, 0.5) is 5.69 Å². The minimum Gasteiger partial charge on any atom is -0.497 e. The number of rotatable bonds is 14. The van der Waals surface area contributed by atoms with E-state index in [9.17, 15) is 18.0 Å². The molecule has 3 aromatic carbocycles. The SMILES string of the molecule is CCNC(=O)[C@H](Cc1ccccc1)N(Cc1cccc(OC)c1)C(=O)CCCN(c1ccc(Cl)cc1)S(C)(=O)=O. The Morgan fingerprint density at radius 3 is 2.27 bits per heavy atom. The second-order valence-electron chi connectivity index (χ2n) is 9.39. The van der Waals surface area contributed by atoms with E-state index in [1.807, 2.05) is 61.5 Å². The standard InChI is InChI=1S/C30H36ClN3O5S/c1-4-32-30(36)28(21-23-10-6-5-7-11-23)33(22-24-12-8-13-27(20-24)39-2)29(35)14-9-19-34(40(3,37)38)26-17-15-25(31)16-18-26/h5-8,10-13,15-18,20,28H,4,9,14,19,21-22H2,1-3H3,(H,32,36)/t28-/m0/s1. The van der Waals surface area contributed by atoms with E-state index in [1.54, 1.807) is 36.3 Å². The molecule has 214 valence electrons. The molecule has 1 N–H and O–H groups in total. The number of halogens is 1. The van der Waals surface area contributed by atoms with Gasteiger partial charge in [0.2, 0.25) is 21.8 Å². The molecule has 0 saturated carbocycles. The van der Waals surface area contributed by atoms with Crippen molar-refractivity contribution < 1.29 is 22.7 Å². The predicted molar refractivity (Wildman–Crippen MR) is 159 cm³/mol. The third-order valence-corrected chi connectivity index (χ3v) is 7.82. The van der Waals surface area contributed by atoms with Gasteiger partial charge in [0.1, 0.15) is 11.8 Å². The lowest BCUT2D eigenvalue weighted by atomic mass is 10.0. The first kappa shape index (κ1) is 31.0. The fourth-order valence-corrected chi connectivity index (χ4v) is 5.52. The third-order valence-electron chi connectivity index (χ3n) is 6.38. The van der Waals surface area contributed by atoms with Gasteiger partial charge in [-0.1, -0.05) is 54.1 Å². The minimum absolute atomic E-state index is 0.0499. The number of hydrogen-bond donors (Lipinski definition) is 1. The van der Waals surface area contributed by atoms with E-state index in [-0.39, 0.29) is 37.7 Å². The van der Waals surface area contributed by atoms with Gasteiger partial charge in [-0.15, -0.1) is 0 Å². The molecule has 0 unspecified atom stereocenters. The summed E-state index contributed by atoms with van der Waals surface area (Å²) in [7, 11) is -2.02. The monoisotopic (exact) mass is 585 g/mol. The van der Waals surface area contributed by atoms with Crippen molar-refractivity contribution >= 4 is 39.1 Å². The summed E-state index contributed by atoms with van der Waals surface area (Å²) < 4.78 is 31.7. The molecule has 0 aliphatic rings. The van der Waals surface area contributed by atoms with Gasteiger partial charge in [0, 0.05) is 37.5 Å². The first-order chi connectivity index (χ1) is 19.1. The third kappa shape index (κ3) is 8.99. The zero-order valence-electron chi connectivity index (χ0n) is 23.0. The molecule has 3 aromatic rings. The van der Waals surface area contributed by atoms with Crippen LogP contribution in [0.2, 0.25) is 5.02 Å². The molecule has 0 aliphatic carbocycles. The Hall–Kier alpha value is -3.56. The van der Waals surface area contributed by atoms with Crippen molar-refractivity contribution in [2.24, 2.45) is 0 Å². The summed E-state index contributed by atoms with van der Waals surface area (Å²) in [6.07, 6.45) is 1.77. The topological polar surface area (TPSA) is 96.0 Å². The van der Waals surface area contributed by atoms with Gasteiger partial charge in [0.15, 0.2) is 0 Å². The highest BCUT2D eigenvalue weighted by Gasteiger charge is 2.30. The fourth-order valence-electron chi connectivity index (χ4n) is 4.42. The minimum atomic E-state index is -3.60. The van der Waals surface area contributed by atoms with E-state index in [1.165, 1.54) is 4.31 Å². The number of carbonyl (C=O) groups excluding carboxylic acids is 2. The molecule has 0 radical (unpaired) electrons. The molecular formula is C30H36ClN3O5S. The van der Waals surface area contributed by atoms with Gasteiger partial charge in [-0.05, 0) is 60.9 Å². The Kier molecular flexibility index (Phi) is 11.4. The van der Waals surface area contributed by atoms with Crippen LogP contribution in [-0.2, 0) is 32.6 Å². The van der Waals surface area contributed by atoms with E-state index in [0.717, 1.165) is 17.4 Å². The Labute approximate surface area is 241 Å². The van der Waals surface area contributed by atoms with Gasteiger partial charge in [-0.2, -0.15) is 0 Å². The number of likely N-dealkylation sites (N-methyl/N-ethyl adjacent to an activating group) is 1. The average Bonchev–Trinajstić information content (AvgIpc) is 2.93. The summed E-state index contributed by atoms with van der Waals surface area (Å²) in [5, 5.41) is 3.37. The van der Waals surface area contributed by atoms with Crippen LogP contribution in [0.3, 0.4) is 0 Å². The molecular weight excluding hydrogens is 550 g/mol. The number of benzene rings is 3. The molecule has 10 heteroatoms. The number of ether oxygens (including phenoxy) is 1. The van der Waals surface area contributed by atoms with E-state index < -0.39 is 16.1 Å². The molecule has 0 fully saturated rings. The van der Waals surface area contributed by atoms with Gasteiger partial charge >= 0.3 is 0 Å². The number of amides is 2. The first-order valence-electron chi connectivity index (χ1n) is 13.1. The lowest BCUT2D eigenvalue weighted by Gasteiger charge is -2.32. The van der Waals surface area contributed by atoms with Gasteiger partial charge in [-0.3, -0.25) is 13.9 Å². The molecule has 40 heavy (non-hydrogen) atoms. The van der Waals surface area contributed by atoms with Crippen LogP contribution in [0.5, 0.6) is 5.75 Å². The maximum Gasteiger partial charge on any atom is 0.243 e. The molecule has 0 spiro atoms. The number of nitrogens with one attached hydrogen (secondary N) is 1. The quantitative estimate of drug-likeness (QED) is 0.297. The van der Waals surface area contributed by atoms with Crippen LogP contribution in [-0.4, -0.2) is 57.6 Å². The average molecular weight is 586 g/mol. The molecule has 0 aromatic heterocycles. The van der Waals surface area contributed by atoms with Crippen LogP contribution < -0.4 is 14.4 Å². The van der Waals surface area contributed by atoms with Crippen LogP contribution in [0.15, 0.2) is 78.9 Å². The zero-order chi connectivity index (χ0) is 29.1. The molecule has 2 amide bonds. The molecule has 3 rings (SSSR count). The van der Waals surface area contributed by atoms with E-state index in [0.29, 0.717) is 29.4 Å². The number of anilines is 1. The first-order valence-corrected chi connectivity index (χ1v) is 15.3. The fraction of sp³-hybridized carbons (Fsp3) is 0.333. The van der Waals surface area contributed by atoms with Crippen molar-refractivity contribution in [1.82, 2.24) is 10.2 Å². The highest BCUT2D eigenvalue weighted by Crippen LogP contribution is 2.23. The number of hydrogen-bond acceptors (Lipinski definition) is 5. The van der Waals surface area contributed by atoms with Crippen molar-refractivity contribution in [3.63, 3.8) is 0 Å². The highest BCUT2D eigenvalue weighted by atomic mass is 35.5. The Bertz CT molecular complexity index is 1370. The maximum atomic E-state index is 13.8. The summed E-state index contributed by atoms with van der Waals surface area (Å²) in [6.45, 7) is 2.55. The van der Waals surface area contributed by atoms with Gasteiger partial charge in [-0.25, -0.2) is 8.42 Å². The molecule has 0 aliphatic heterocycles. The van der Waals surface area contributed by atoms with Crippen molar-refractivity contribution in [2.45, 2.75) is 38.8 Å². The molecule has 1 atom stereocenters. The van der Waals surface area contributed by atoms with Gasteiger partial charge < -0.3 is 15.0 Å². The highest BCUT2D eigenvalue weighted by molar-refractivity contribution is 7.92. The summed E-state index contributed by atoms with van der Waals surface area (Å²) in [6, 6.07) is 22.7. The van der Waals surface area contributed by atoms with Crippen LogP contribution >= 0.6 is 11.6 Å². The predicted octanol–water partition coefficient (Wildman–Crippen LogP) is 4.67. The lowest BCUT2D eigenvalue weighted by molar-refractivity contribution is -0.141. The van der Waals surface area contributed by atoms with Crippen LogP contribution in [0.1, 0.15) is 30.9 Å². The van der Waals surface area contributed by atoms with Gasteiger partial charge in [0.05, 0.1) is 19.1 Å². The number of sulfonamides is 1. The van der Waals surface area contributed by atoms with Crippen molar-refractivity contribution in [1.29, 1.82) is 0 Å². The number of nitrogens with zero attached hydrogens (tertiary/aromatic N) is 2. The van der Waals surface area contributed by atoms with Gasteiger partial charge in [0.25, 0.3) is 0 Å². The second kappa shape index (κ2) is 14.7. The zero-order valence-corrected chi connectivity index (χ0v) is 24.6. The summed E-state index contributed by atoms with van der Waals surface area (Å²) in [4.78, 5) is 28.7. The van der Waals surface area contributed by atoms with E-state index in [2.05, 4.69) is 5.32 Å². The number of methoxy groups -OCH3 is 1. The Morgan fingerprint density at radius 2 is 1.65 bits per heavy atom. The largest absolute Gasteiger partial charge is 0.497 e. The lowest BCUT2D eigenvalue weighted by Crippen LogP contribution is -2.50. The molecule has 0 heterocycles. The molecule has 8 nitrogen and oxygen atoms in total. The maximum absolute atomic E-state index is 13.8. The van der Waals surface area contributed by atoms with Crippen LogP contribution in [0, 0.1) is 0 Å². The van der Waals surface area contributed by atoms with E-state index in [4.69, 9.17) is 16.3 Å².